The van der Waals surface area contributed by atoms with Gasteiger partial charge in [0.1, 0.15) is 0 Å². The van der Waals surface area contributed by atoms with Crippen LogP contribution in [0.1, 0.15) is 40.5 Å². The van der Waals surface area contributed by atoms with Crippen LogP contribution >= 0.6 is 0 Å². The van der Waals surface area contributed by atoms with Crippen LogP contribution in [0.4, 0.5) is 0 Å². The molecule has 0 atom stereocenters. The third-order valence-electron chi connectivity index (χ3n) is 1.47. The molecule has 0 saturated heterocycles. The third-order valence-corrected chi connectivity index (χ3v) is 1.47. The Balaban J connectivity index is 3.81. The summed E-state index contributed by atoms with van der Waals surface area (Å²) < 4.78 is 0. The second-order valence-electron chi connectivity index (χ2n) is 4.18. The maximum absolute atomic E-state index is 11.2. The van der Waals surface area contributed by atoms with Gasteiger partial charge in [-0.05, 0) is 40.2 Å². The Morgan fingerprint density at radius 1 is 1.42 bits per heavy atom. The van der Waals surface area contributed by atoms with Crippen LogP contribution in [0.15, 0.2) is 11.6 Å². The molecule has 0 aliphatic carbocycles. The molecule has 12 heavy (non-hydrogen) atoms. The standard InChI is InChI=1S/C10H19NO/c1-8(2)7-9(12)5-6-10(3,4)11/h7H,5-6,11H2,1-4H3. The largest absolute Gasteiger partial charge is 0.326 e. The van der Waals surface area contributed by atoms with E-state index in [4.69, 9.17) is 5.73 Å². The van der Waals surface area contributed by atoms with Crippen LogP contribution in [0.2, 0.25) is 0 Å². The van der Waals surface area contributed by atoms with E-state index < -0.39 is 0 Å². The Labute approximate surface area is 74.8 Å². The molecule has 2 heteroatoms. The van der Waals surface area contributed by atoms with Gasteiger partial charge in [0, 0.05) is 12.0 Å². The van der Waals surface area contributed by atoms with E-state index in [0.29, 0.717) is 6.42 Å². The fraction of sp³-hybridized carbons (Fsp3) is 0.700. The first-order valence-electron chi connectivity index (χ1n) is 4.28. The Hall–Kier alpha value is -0.630. The van der Waals surface area contributed by atoms with Gasteiger partial charge in [-0.3, -0.25) is 4.79 Å². The monoisotopic (exact) mass is 169 g/mol. The average Bonchev–Trinajstić information content (AvgIpc) is 1.80. The summed E-state index contributed by atoms with van der Waals surface area (Å²) in [5, 5.41) is 0. The van der Waals surface area contributed by atoms with Crippen molar-refractivity contribution < 1.29 is 4.79 Å². The van der Waals surface area contributed by atoms with E-state index in [1.165, 1.54) is 0 Å². The van der Waals surface area contributed by atoms with Crippen LogP contribution in [-0.4, -0.2) is 11.3 Å². The van der Waals surface area contributed by atoms with E-state index in [1.807, 2.05) is 27.7 Å². The van der Waals surface area contributed by atoms with Crippen LogP contribution in [0.5, 0.6) is 0 Å². The Bertz CT molecular complexity index is 183. The van der Waals surface area contributed by atoms with Crippen LogP contribution in [0.25, 0.3) is 0 Å². The van der Waals surface area contributed by atoms with E-state index >= 15 is 0 Å². The maximum Gasteiger partial charge on any atom is 0.155 e. The quantitative estimate of drug-likeness (QED) is 0.654. The van der Waals surface area contributed by atoms with Gasteiger partial charge >= 0.3 is 0 Å². The Kier molecular flexibility index (Phi) is 4.18. The maximum atomic E-state index is 11.2. The molecule has 0 aromatic rings. The first-order chi connectivity index (χ1) is 5.31. The number of allylic oxidation sites excluding steroid dienone is 2. The molecule has 0 unspecified atom stereocenters. The summed E-state index contributed by atoms with van der Waals surface area (Å²) >= 11 is 0. The summed E-state index contributed by atoms with van der Waals surface area (Å²) in [7, 11) is 0. The number of carbonyl (C=O) groups excluding carboxylic acids is 1. The second kappa shape index (κ2) is 4.41. The minimum absolute atomic E-state index is 0.175. The second-order valence-corrected chi connectivity index (χ2v) is 4.18. The number of nitrogens with two attached hydrogens (primary N) is 1. The topological polar surface area (TPSA) is 43.1 Å². The number of rotatable bonds is 4. The molecule has 0 radical (unpaired) electrons. The Morgan fingerprint density at radius 2 is 1.92 bits per heavy atom. The van der Waals surface area contributed by atoms with Crippen molar-refractivity contribution in [1.29, 1.82) is 0 Å². The molecule has 0 spiro atoms. The minimum atomic E-state index is -0.231. The van der Waals surface area contributed by atoms with E-state index in [0.717, 1.165) is 12.0 Å². The van der Waals surface area contributed by atoms with Crippen molar-refractivity contribution in [1.82, 2.24) is 0 Å². The summed E-state index contributed by atoms with van der Waals surface area (Å²) in [6, 6.07) is 0. The van der Waals surface area contributed by atoms with Crippen LogP contribution in [-0.2, 0) is 4.79 Å². The molecule has 0 aliphatic heterocycles. The summed E-state index contributed by atoms with van der Waals surface area (Å²) in [5.41, 5.74) is 6.56. The number of carbonyl (C=O) groups is 1. The predicted octanol–water partition coefficient (Wildman–Crippen LogP) is 2.04. The number of hydrogen-bond acceptors (Lipinski definition) is 2. The summed E-state index contributed by atoms with van der Waals surface area (Å²) in [6.45, 7) is 7.71. The highest BCUT2D eigenvalue weighted by Gasteiger charge is 2.11. The summed E-state index contributed by atoms with van der Waals surface area (Å²) in [5.74, 6) is 0.175. The highest BCUT2D eigenvalue weighted by atomic mass is 16.1. The van der Waals surface area contributed by atoms with Crippen molar-refractivity contribution in [2.45, 2.75) is 46.1 Å². The summed E-state index contributed by atoms with van der Waals surface area (Å²) in [4.78, 5) is 11.2. The minimum Gasteiger partial charge on any atom is -0.326 e. The van der Waals surface area contributed by atoms with E-state index in [-0.39, 0.29) is 11.3 Å². The van der Waals surface area contributed by atoms with Crippen molar-refractivity contribution in [2.75, 3.05) is 0 Å². The van der Waals surface area contributed by atoms with Crippen LogP contribution in [0.3, 0.4) is 0 Å². The number of ketones is 1. The zero-order chi connectivity index (χ0) is 9.78. The molecule has 0 aromatic carbocycles. The molecular weight excluding hydrogens is 150 g/mol. The van der Waals surface area contributed by atoms with E-state index in [1.54, 1.807) is 6.08 Å². The summed E-state index contributed by atoms with van der Waals surface area (Å²) in [6.07, 6.45) is 2.97. The van der Waals surface area contributed by atoms with E-state index in [9.17, 15) is 4.79 Å². The molecule has 2 nitrogen and oxygen atoms in total. The average molecular weight is 169 g/mol. The molecule has 0 aliphatic rings. The molecule has 0 rings (SSSR count). The zero-order valence-electron chi connectivity index (χ0n) is 8.48. The van der Waals surface area contributed by atoms with Gasteiger partial charge in [0.05, 0.1) is 0 Å². The highest BCUT2D eigenvalue weighted by Crippen LogP contribution is 2.08. The molecule has 0 saturated carbocycles. The third kappa shape index (κ3) is 7.48. The van der Waals surface area contributed by atoms with Gasteiger partial charge in [-0.2, -0.15) is 0 Å². The zero-order valence-corrected chi connectivity index (χ0v) is 8.48. The fourth-order valence-corrected chi connectivity index (χ4v) is 0.840. The van der Waals surface area contributed by atoms with Crippen molar-refractivity contribution in [2.24, 2.45) is 5.73 Å². The van der Waals surface area contributed by atoms with Crippen molar-refractivity contribution in [3.8, 4) is 0 Å². The lowest BCUT2D eigenvalue weighted by molar-refractivity contribution is -0.114. The van der Waals surface area contributed by atoms with Crippen molar-refractivity contribution in [3.05, 3.63) is 11.6 Å². The fourth-order valence-electron chi connectivity index (χ4n) is 0.840. The molecular formula is C10H19NO. The molecule has 2 N–H and O–H groups in total. The van der Waals surface area contributed by atoms with Crippen molar-refractivity contribution >= 4 is 5.78 Å². The SMILES string of the molecule is CC(C)=CC(=O)CCC(C)(C)N. The van der Waals surface area contributed by atoms with Crippen LogP contribution in [0, 0.1) is 0 Å². The van der Waals surface area contributed by atoms with E-state index in [2.05, 4.69) is 0 Å². The number of hydrogen-bond donors (Lipinski definition) is 1. The highest BCUT2D eigenvalue weighted by molar-refractivity contribution is 5.90. The van der Waals surface area contributed by atoms with Crippen LogP contribution < -0.4 is 5.73 Å². The first kappa shape index (κ1) is 11.4. The van der Waals surface area contributed by atoms with Gasteiger partial charge in [-0.25, -0.2) is 0 Å². The van der Waals surface area contributed by atoms with Gasteiger partial charge in [-0.1, -0.05) is 5.57 Å². The van der Waals surface area contributed by atoms with Gasteiger partial charge in [0.15, 0.2) is 5.78 Å². The molecule has 70 valence electrons. The molecule has 0 aromatic heterocycles. The van der Waals surface area contributed by atoms with Gasteiger partial charge in [0.25, 0.3) is 0 Å². The lowest BCUT2D eigenvalue weighted by atomic mass is 9.98. The normalized spacial score (nSPS) is 11.1. The Morgan fingerprint density at radius 3 is 2.25 bits per heavy atom. The predicted molar refractivity (Wildman–Crippen MR) is 51.9 cm³/mol. The molecule has 0 bridgehead atoms. The molecule has 0 amide bonds. The van der Waals surface area contributed by atoms with Gasteiger partial charge in [-0.15, -0.1) is 0 Å². The molecule has 0 fully saturated rings. The molecule has 0 heterocycles. The smallest absolute Gasteiger partial charge is 0.155 e. The van der Waals surface area contributed by atoms with Gasteiger partial charge in [0.2, 0.25) is 0 Å². The first-order valence-corrected chi connectivity index (χ1v) is 4.28. The van der Waals surface area contributed by atoms with Gasteiger partial charge < -0.3 is 5.73 Å². The van der Waals surface area contributed by atoms with Crippen molar-refractivity contribution in [3.63, 3.8) is 0 Å². The lowest BCUT2D eigenvalue weighted by Gasteiger charge is -2.16. The lowest BCUT2D eigenvalue weighted by Crippen LogP contribution is -2.32.